The maximum absolute atomic E-state index is 11.8. The molecular formula is C16H14O3. The largest absolute Gasteiger partial charge is 0.386 e. The number of cyclic esters (lactones) is 2. The number of rotatable bonds is 2. The molecule has 0 radical (unpaired) electrons. The van der Waals surface area contributed by atoms with Crippen LogP contribution in [0.1, 0.15) is 45.7 Å². The third kappa shape index (κ3) is 1.58. The van der Waals surface area contributed by atoms with E-state index in [0.717, 1.165) is 22.8 Å². The highest BCUT2D eigenvalue weighted by molar-refractivity contribution is 6.18. The van der Waals surface area contributed by atoms with Gasteiger partial charge in [0.25, 0.3) is 0 Å². The standard InChI is InChI=1S/C16H14O3/c1-3-9-6-5-7-11-10(4-2)14-13(8-12(9)11)15(17)19-16(14)18/h5-8H,3-4H2,1-2H3. The number of ether oxygens (including phenoxy) is 1. The zero-order chi connectivity index (χ0) is 13.6. The molecule has 96 valence electrons. The maximum atomic E-state index is 11.8. The molecule has 0 aliphatic carbocycles. The summed E-state index contributed by atoms with van der Waals surface area (Å²) in [4.78, 5) is 23.6. The van der Waals surface area contributed by atoms with E-state index >= 15 is 0 Å². The molecule has 2 aromatic carbocycles. The van der Waals surface area contributed by atoms with Gasteiger partial charge in [0.2, 0.25) is 0 Å². The molecule has 0 bridgehead atoms. The van der Waals surface area contributed by atoms with Crippen molar-refractivity contribution in [1.29, 1.82) is 0 Å². The minimum Gasteiger partial charge on any atom is -0.386 e. The molecule has 3 rings (SSSR count). The molecule has 3 heteroatoms. The van der Waals surface area contributed by atoms with E-state index in [1.165, 1.54) is 5.56 Å². The number of carbonyl (C=O) groups excluding carboxylic acids is 2. The van der Waals surface area contributed by atoms with Gasteiger partial charge in [0.1, 0.15) is 0 Å². The van der Waals surface area contributed by atoms with Crippen LogP contribution in [0.15, 0.2) is 24.3 Å². The van der Waals surface area contributed by atoms with Gasteiger partial charge in [-0.15, -0.1) is 0 Å². The Morgan fingerprint density at radius 3 is 2.47 bits per heavy atom. The molecular weight excluding hydrogens is 240 g/mol. The van der Waals surface area contributed by atoms with Crippen LogP contribution in [0.2, 0.25) is 0 Å². The van der Waals surface area contributed by atoms with Crippen molar-refractivity contribution in [2.45, 2.75) is 26.7 Å². The lowest BCUT2D eigenvalue weighted by Crippen LogP contribution is -2.01. The Balaban J connectivity index is 2.48. The predicted octanol–water partition coefficient (Wildman–Crippen LogP) is 3.28. The smallest absolute Gasteiger partial charge is 0.347 e. The summed E-state index contributed by atoms with van der Waals surface area (Å²) in [5.74, 6) is -1.04. The van der Waals surface area contributed by atoms with Crippen molar-refractivity contribution in [3.8, 4) is 0 Å². The van der Waals surface area contributed by atoms with Gasteiger partial charge in [-0.25, -0.2) is 9.59 Å². The summed E-state index contributed by atoms with van der Waals surface area (Å²) < 4.78 is 4.74. The van der Waals surface area contributed by atoms with Crippen LogP contribution in [-0.4, -0.2) is 11.9 Å². The fourth-order valence-electron chi connectivity index (χ4n) is 2.82. The normalized spacial score (nSPS) is 13.8. The fraction of sp³-hybridized carbons (Fsp3) is 0.250. The average Bonchev–Trinajstić information content (AvgIpc) is 2.71. The molecule has 0 amide bonds. The SMILES string of the molecule is CCc1cccc2c(CC)c3c(cc12)C(=O)OC3=O. The van der Waals surface area contributed by atoms with Gasteiger partial charge in [0, 0.05) is 0 Å². The molecule has 1 aliphatic heterocycles. The number of hydrogen-bond acceptors (Lipinski definition) is 3. The first-order valence-electron chi connectivity index (χ1n) is 6.51. The van der Waals surface area contributed by atoms with Crippen molar-refractivity contribution < 1.29 is 14.3 Å². The first kappa shape index (κ1) is 11.9. The van der Waals surface area contributed by atoms with Gasteiger partial charge >= 0.3 is 11.9 Å². The van der Waals surface area contributed by atoms with Crippen LogP contribution >= 0.6 is 0 Å². The van der Waals surface area contributed by atoms with Gasteiger partial charge in [0.05, 0.1) is 11.1 Å². The van der Waals surface area contributed by atoms with Gasteiger partial charge < -0.3 is 4.74 Å². The number of fused-ring (bicyclic) bond motifs is 2. The highest BCUT2D eigenvalue weighted by atomic mass is 16.6. The highest BCUT2D eigenvalue weighted by Crippen LogP contribution is 2.33. The number of aryl methyl sites for hydroxylation is 2. The van der Waals surface area contributed by atoms with Crippen LogP contribution in [0, 0.1) is 0 Å². The molecule has 2 aromatic rings. The topological polar surface area (TPSA) is 43.4 Å². The zero-order valence-corrected chi connectivity index (χ0v) is 10.9. The van der Waals surface area contributed by atoms with Crippen LogP contribution in [0.4, 0.5) is 0 Å². The summed E-state index contributed by atoms with van der Waals surface area (Å²) in [5.41, 5.74) is 2.96. The molecule has 0 saturated heterocycles. The number of carbonyl (C=O) groups is 2. The average molecular weight is 254 g/mol. The van der Waals surface area contributed by atoms with Crippen LogP contribution in [0.25, 0.3) is 10.8 Å². The lowest BCUT2D eigenvalue weighted by Gasteiger charge is -2.11. The van der Waals surface area contributed by atoms with Crippen LogP contribution in [-0.2, 0) is 17.6 Å². The first-order valence-corrected chi connectivity index (χ1v) is 6.51. The minimum atomic E-state index is -0.525. The molecule has 0 fully saturated rings. The monoisotopic (exact) mass is 254 g/mol. The molecule has 0 aromatic heterocycles. The number of benzene rings is 2. The molecule has 0 saturated carbocycles. The summed E-state index contributed by atoms with van der Waals surface area (Å²) >= 11 is 0. The Morgan fingerprint density at radius 1 is 1.00 bits per heavy atom. The van der Waals surface area contributed by atoms with E-state index in [1.54, 1.807) is 6.07 Å². The molecule has 0 spiro atoms. The lowest BCUT2D eigenvalue weighted by molar-refractivity contribution is 0.0443. The summed E-state index contributed by atoms with van der Waals surface area (Å²) in [6.45, 7) is 4.07. The van der Waals surface area contributed by atoms with Crippen LogP contribution in [0.3, 0.4) is 0 Å². The molecule has 3 nitrogen and oxygen atoms in total. The van der Waals surface area contributed by atoms with E-state index in [9.17, 15) is 9.59 Å². The predicted molar refractivity (Wildman–Crippen MR) is 72.5 cm³/mol. The molecule has 1 aliphatic rings. The molecule has 0 atom stereocenters. The Morgan fingerprint density at radius 2 is 1.79 bits per heavy atom. The second kappa shape index (κ2) is 4.19. The van der Waals surface area contributed by atoms with E-state index in [-0.39, 0.29) is 0 Å². The quantitative estimate of drug-likeness (QED) is 0.610. The van der Waals surface area contributed by atoms with E-state index in [2.05, 4.69) is 13.0 Å². The summed E-state index contributed by atoms with van der Waals surface area (Å²) in [7, 11) is 0. The van der Waals surface area contributed by atoms with Crippen molar-refractivity contribution >= 4 is 22.7 Å². The third-order valence-corrected chi connectivity index (χ3v) is 3.73. The maximum Gasteiger partial charge on any atom is 0.347 e. The number of esters is 2. The van der Waals surface area contributed by atoms with Crippen molar-refractivity contribution in [3.63, 3.8) is 0 Å². The molecule has 0 N–H and O–H groups in total. The van der Waals surface area contributed by atoms with Gasteiger partial charge in [-0.1, -0.05) is 32.0 Å². The Labute approximate surface area is 111 Å². The van der Waals surface area contributed by atoms with E-state index in [0.29, 0.717) is 17.5 Å². The van der Waals surface area contributed by atoms with Crippen molar-refractivity contribution in [3.05, 3.63) is 46.5 Å². The summed E-state index contributed by atoms with van der Waals surface area (Å²) in [6, 6.07) is 7.85. The highest BCUT2D eigenvalue weighted by Gasteiger charge is 2.33. The fourth-order valence-corrected chi connectivity index (χ4v) is 2.82. The van der Waals surface area contributed by atoms with Crippen LogP contribution in [0.5, 0.6) is 0 Å². The lowest BCUT2D eigenvalue weighted by atomic mass is 9.91. The summed E-state index contributed by atoms with van der Waals surface area (Å²) in [6.07, 6.45) is 1.59. The minimum absolute atomic E-state index is 0.412. The van der Waals surface area contributed by atoms with Gasteiger partial charge in [-0.05, 0) is 40.8 Å². The zero-order valence-electron chi connectivity index (χ0n) is 10.9. The second-order valence-electron chi connectivity index (χ2n) is 4.67. The van der Waals surface area contributed by atoms with Gasteiger partial charge in [-0.3, -0.25) is 0 Å². The van der Waals surface area contributed by atoms with E-state index in [1.807, 2.05) is 19.1 Å². The second-order valence-corrected chi connectivity index (χ2v) is 4.67. The first-order chi connectivity index (χ1) is 9.17. The van der Waals surface area contributed by atoms with E-state index < -0.39 is 11.9 Å². The van der Waals surface area contributed by atoms with Crippen LogP contribution < -0.4 is 0 Å². The molecule has 19 heavy (non-hydrogen) atoms. The van der Waals surface area contributed by atoms with Crippen molar-refractivity contribution in [1.82, 2.24) is 0 Å². The summed E-state index contributed by atoms with van der Waals surface area (Å²) in [5, 5.41) is 2.10. The van der Waals surface area contributed by atoms with Gasteiger partial charge in [0.15, 0.2) is 0 Å². The molecule has 1 heterocycles. The molecule has 0 unspecified atom stereocenters. The van der Waals surface area contributed by atoms with E-state index in [4.69, 9.17) is 4.74 Å². The third-order valence-electron chi connectivity index (χ3n) is 3.73. The van der Waals surface area contributed by atoms with Crippen molar-refractivity contribution in [2.75, 3.05) is 0 Å². The Bertz CT molecular complexity index is 713. The Kier molecular flexibility index (Phi) is 2.63. The van der Waals surface area contributed by atoms with Crippen molar-refractivity contribution in [2.24, 2.45) is 0 Å². The van der Waals surface area contributed by atoms with Gasteiger partial charge in [-0.2, -0.15) is 0 Å². The number of hydrogen-bond donors (Lipinski definition) is 0. The Hall–Kier alpha value is -2.16.